The van der Waals surface area contributed by atoms with Crippen LogP contribution in [0.1, 0.15) is 59.8 Å². The van der Waals surface area contributed by atoms with Crippen LogP contribution >= 0.6 is 0 Å². The van der Waals surface area contributed by atoms with Crippen LogP contribution in [0.5, 0.6) is 0 Å². The van der Waals surface area contributed by atoms with Crippen molar-refractivity contribution in [2.45, 2.75) is 78.0 Å². The highest BCUT2D eigenvalue weighted by molar-refractivity contribution is 5.04. The van der Waals surface area contributed by atoms with Crippen LogP contribution in [-0.4, -0.2) is 25.3 Å². The van der Waals surface area contributed by atoms with Crippen molar-refractivity contribution in [3.05, 3.63) is 0 Å². The molecule has 0 aromatic heterocycles. The van der Waals surface area contributed by atoms with Gasteiger partial charge in [0.25, 0.3) is 0 Å². The lowest BCUT2D eigenvalue weighted by molar-refractivity contribution is -0.102. The first-order valence-electron chi connectivity index (χ1n) is 7.14. The molecule has 2 unspecified atom stereocenters. The second-order valence-electron chi connectivity index (χ2n) is 7.44. The van der Waals surface area contributed by atoms with E-state index < -0.39 is 0 Å². The topological polar surface area (TPSA) is 21.3 Å². The van der Waals surface area contributed by atoms with Crippen LogP contribution in [0.2, 0.25) is 0 Å². The average Bonchev–Trinajstić information content (AvgIpc) is 2.25. The van der Waals surface area contributed by atoms with Crippen LogP contribution in [0.25, 0.3) is 0 Å². The fourth-order valence-corrected chi connectivity index (χ4v) is 3.42. The molecule has 2 atom stereocenters. The first kappa shape index (κ1) is 13.4. The van der Waals surface area contributed by atoms with E-state index in [4.69, 9.17) is 4.74 Å². The Balaban J connectivity index is 1.80. The Labute approximate surface area is 107 Å². The first-order valence-corrected chi connectivity index (χ1v) is 7.14. The summed E-state index contributed by atoms with van der Waals surface area (Å²) in [5.41, 5.74) is 0.879. The summed E-state index contributed by atoms with van der Waals surface area (Å²) in [6.07, 6.45) is 7.05. The zero-order valence-corrected chi connectivity index (χ0v) is 12.2. The molecule has 0 amide bonds. The molecule has 100 valence electrons. The lowest BCUT2D eigenvalue weighted by atomic mass is 9.64. The fourth-order valence-electron chi connectivity index (χ4n) is 3.42. The van der Waals surface area contributed by atoms with Gasteiger partial charge in [-0.05, 0) is 37.5 Å². The third kappa shape index (κ3) is 2.68. The standard InChI is InChI=1S/C15H29NO/c1-14(2)8-6-11(7-9-14)16-12-10-13(17-5)15(12,3)4/h11-13,16H,6-10H2,1-5H3. The highest BCUT2D eigenvalue weighted by Gasteiger charge is 2.49. The second kappa shape index (κ2) is 4.55. The Morgan fingerprint density at radius 1 is 1.06 bits per heavy atom. The molecule has 2 rings (SSSR count). The molecule has 0 heterocycles. The molecule has 0 aromatic rings. The minimum Gasteiger partial charge on any atom is -0.381 e. The Bertz CT molecular complexity index is 262. The van der Waals surface area contributed by atoms with Crippen molar-refractivity contribution < 1.29 is 4.74 Å². The summed E-state index contributed by atoms with van der Waals surface area (Å²) in [7, 11) is 1.84. The molecule has 0 spiro atoms. The van der Waals surface area contributed by atoms with Gasteiger partial charge in [0, 0.05) is 24.6 Å². The Morgan fingerprint density at radius 3 is 2.12 bits per heavy atom. The summed E-state index contributed by atoms with van der Waals surface area (Å²) in [5, 5.41) is 3.87. The zero-order chi connectivity index (χ0) is 12.7. The summed E-state index contributed by atoms with van der Waals surface area (Å²) >= 11 is 0. The van der Waals surface area contributed by atoms with Crippen molar-refractivity contribution in [2.75, 3.05) is 7.11 Å². The SMILES string of the molecule is COC1CC(NC2CCC(C)(C)CC2)C1(C)C. The van der Waals surface area contributed by atoms with E-state index in [2.05, 4.69) is 33.0 Å². The summed E-state index contributed by atoms with van der Waals surface area (Å²) in [5.74, 6) is 0. The molecule has 0 aliphatic heterocycles. The Kier molecular flexibility index (Phi) is 3.57. The van der Waals surface area contributed by atoms with Crippen molar-refractivity contribution in [1.82, 2.24) is 5.32 Å². The van der Waals surface area contributed by atoms with Crippen molar-refractivity contribution in [3.63, 3.8) is 0 Å². The van der Waals surface area contributed by atoms with E-state index in [0.717, 1.165) is 6.04 Å². The summed E-state index contributed by atoms with van der Waals surface area (Å²) in [6, 6.07) is 1.39. The molecule has 2 fully saturated rings. The lowest BCUT2D eigenvalue weighted by Gasteiger charge is -2.53. The van der Waals surface area contributed by atoms with Crippen molar-refractivity contribution in [2.24, 2.45) is 10.8 Å². The average molecular weight is 239 g/mol. The molecule has 17 heavy (non-hydrogen) atoms. The first-order chi connectivity index (χ1) is 7.85. The van der Waals surface area contributed by atoms with Crippen LogP contribution in [0.3, 0.4) is 0 Å². The monoisotopic (exact) mass is 239 g/mol. The van der Waals surface area contributed by atoms with Gasteiger partial charge in [-0.15, -0.1) is 0 Å². The van der Waals surface area contributed by atoms with Crippen LogP contribution in [0, 0.1) is 10.8 Å². The molecule has 0 radical (unpaired) electrons. The van der Waals surface area contributed by atoms with Crippen molar-refractivity contribution in [3.8, 4) is 0 Å². The van der Waals surface area contributed by atoms with Gasteiger partial charge >= 0.3 is 0 Å². The van der Waals surface area contributed by atoms with E-state index in [9.17, 15) is 0 Å². The van der Waals surface area contributed by atoms with Gasteiger partial charge in [0.1, 0.15) is 0 Å². The van der Waals surface area contributed by atoms with E-state index in [1.807, 2.05) is 7.11 Å². The minimum atomic E-state index is 0.307. The van der Waals surface area contributed by atoms with Gasteiger partial charge in [-0.3, -0.25) is 0 Å². The van der Waals surface area contributed by atoms with Gasteiger partial charge in [0.05, 0.1) is 6.10 Å². The smallest absolute Gasteiger partial charge is 0.0652 e. The normalized spacial score (nSPS) is 36.5. The van der Waals surface area contributed by atoms with Crippen LogP contribution < -0.4 is 5.32 Å². The fraction of sp³-hybridized carbons (Fsp3) is 1.00. The second-order valence-corrected chi connectivity index (χ2v) is 7.44. The molecular formula is C15H29NO. The quantitative estimate of drug-likeness (QED) is 0.815. The Morgan fingerprint density at radius 2 is 1.65 bits per heavy atom. The van der Waals surface area contributed by atoms with E-state index in [0.29, 0.717) is 23.0 Å². The summed E-state index contributed by atoms with van der Waals surface area (Å²) in [4.78, 5) is 0. The summed E-state index contributed by atoms with van der Waals surface area (Å²) in [6.45, 7) is 9.46. The number of ether oxygens (including phenoxy) is 1. The molecule has 2 saturated carbocycles. The van der Waals surface area contributed by atoms with Crippen molar-refractivity contribution in [1.29, 1.82) is 0 Å². The highest BCUT2D eigenvalue weighted by Crippen LogP contribution is 2.44. The lowest BCUT2D eigenvalue weighted by Crippen LogP contribution is -2.62. The number of methoxy groups -OCH3 is 1. The molecule has 2 aliphatic rings. The molecule has 2 aliphatic carbocycles. The number of hydrogen-bond donors (Lipinski definition) is 1. The molecule has 0 bridgehead atoms. The molecule has 1 N–H and O–H groups in total. The van der Waals surface area contributed by atoms with Gasteiger partial charge in [0.2, 0.25) is 0 Å². The van der Waals surface area contributed by atoms with E-state index in [-0.39, 0.29) is 0 Å². The van der Waals surface area contributed by atoms with Gasteiger partial charge in [-0.25, -0.2) is 0 Å². The van der Waals surface area contributed by atoms with Crippen LogP contribution in [0.4, 0.5) is 0 Å². The maximum Gasteiger partial charge on any atom is 0.0652 e. The molecular weight excluding hydrogens is 210 g/mol. The van der Waals surface area contributed by atoms with E-state index in [1.54, 1.807) is 0 Å². The predicted molar refractivity (Wildman–Crippen MR) is 72.2 cm³/mol. The number of nitrogens with one attached hydrogen (secondary N) is 1. The van der Waals surface area contributed by atoms with Gasteiger partial charge in [0.15, 0.2) is 0 Å². The molecule has 2 heteroatoms. The molecule has 0 saturated heterocycles. The summed E-state index contributed by atoms with van der Waals surface area (Å²) < 4.78 is 5.51. The maximum atomic E-state index is 5.51. The predicted octanol–water partition coefficient (Wildman–Crippen LogP) is 3.36. The third-order valence-electron chi connectivity index (χ3n) is 5.24. The van der Waals surface area contributed by atoms with Crippen LogP contribution in [0.15, 0.2) is 0 Å². The number of rotatable bonds is 3. The van der Waals surface area contributed by atoms with Gasteiger partial charge in [-0.2, -0.15) is 0 Å². The highest BCUT2D eigenvalue weighted by atomic mass is 16.5. The largest absolute Gasteiger partial charge is 0.381 e. The van der Waals surface area contributed by atoms with Crippen molar-refractivity contribution >= 4 is 0 Å². The van der Waals surface area contributed by atoms with Crippen LogP contribution in [-0.2, 0) is 4.74 Å². The van der Waals surface area contributed by atoms with E-state index >= 15 is 0 Å². The molecule has 2 nitrogen and oxygen atoms in total. The zero-order valence-electron chi connectivity index (χ0n) is 12.2. The van der Waals surface area contributed by atoms with Gasteiger partial charge < -0.3 is 10.1 Å². The minimum absolute atomic E-state index is 0.307. The van der Waals surface area contributed by atoms with Gasteiger partial charge in [-0.1, -0.05) is 27.7 Å². The third-order valence-corrected chi connectivity index (χ3v) is 5.24. The number of hydrogen-bond acceptors (Lipinski definition) is 2. The Hall–Kier alpha value is -0.0800. The van der Waals surface area contributed by atoms with E-state index in [1.165, 1.54) is 32.1 Å². The maximum absolute atomic E-state index is 5.51. The molecule has 0 aromatic carbocycles.